The summed E-state index contributed by atoms with van der Waals surface area (Å²) in [5.41, 5.74) is 6.65. The van der Waals surface area contributed by atoms with Crippen molar-refractivity contribution in [1.29, 1.82) is 0 Å². The Balaban J connectivity index is 2.42. The molecule has 0 aromatic heterocycles. The first kappa shape index (κ1) is 14.0. The number of ether oxygens (including phenoxy) is 1. The number of hydrogen-bond acceptors (Lipinski definition) is 2. The molecule has 3 unspecified atom stereocenters. The van der Waals surface area contributed by atoms with Crippen molar-refractivity contribution in [1.82, 2.24) is 0 Å². The molecule has 1 aliphatic rings. The molecule has 0 aromatic carbocycles. The van der Waals surface area contributed by atoms with E-state index in [9.17, 15) is 0 Å². The van der Waals surface area contributed by atoms with Gasteiger partial charge in [-0.2, -0.15) is 0 Å². The van der Waals surface area contributed by atoms with Crippen LogP contribution in [0, 0.1) is 17.3 Å². The molecule has 1 saturated carbocycles. The number of nitrogens with two attached hydrogens (primary N) is 1. The van der Waals surface area contributed by atoms with Crippen LogP contribution in [0.25, 0.3) is 0 Å². The Morgan fingerprint density at radius 2 is 1.94 bits per heavy atom. The van der Waals surface area contributed by atoms with Gasteiger partial charge in [0.05, 0.1) is 0 Å². The summed E-state index contributed by atoms with van der Waals surface area (Å²) in [6, 6.07) is 0.402. The SMILES string of the molecule is CCOCCC1CC(C(C)(C)C)CCC1N. The Kier molecular flexibility index (Phi) is 5.26. The number of rotatable bonds is 4. The second-order valence-corrected chi connectivity index (χ2v) is 6.29. The molecule has 0 bridgehead atoms. The van der Waals surface area contributed by atoms with Crippen LogP contribution < -0.4 is 5.73 Å². The highest BCUT2D eigenvalue weighted by atomic mass is 16.5. The summed E-state index contributed by atoms with van der Waals surface area (Å²) < 4.78 is 5.45. The van der Waals surface area contributed by atoms with Gasteiger partial charge in [0, 0.05) is 19.3 Å². The van der Waals surface area contributed by atoms with Gasteiger partial charge in [0.1, 0.15) is 0 Å². The normalized spacial score (nSPS) is 31.7. The van der Waals surface area contributed by atoms with Gasteiger partial charge in [0.25, 0.3) is 0 Å². The lowest BCUT2D eigenvalue weighted by Crippen LogP contribution is -2.40. The summed E-state index contributed by atoms with van der Waals surface area (Å²) in [6.45, 7) is 10.8. The monoisotopic (exact) mass is 227 g/mol. The first-order chi connectivity index (χ1) is 7.45. The van der Waals surface area contributed by atoms with Crippen LogP contribution in [0.5, 0.6) is 0 Å². The van der Waals surface area contributed by atoms with E-state index in [0.717, 1.165) is 25.6 Å². The maximum Gasteiger partial charge on any atom is 0.0469 e. The molecule has 2 N–H and O–H groups in total. The standard InChI is InChI=1S/C14H29NO/c1-5-16-9-8-11-10-12(14(2,3)4)6-7-13(11)15/h11-13H,5-10,15H2,1-4H3. The fourth-order valence-electron chi connectivity index (χ4n) is 2.78. The third-order valence-electron chi connectivity index (χ3n) is 4.10. The summed E-state index contributed by atoms with van der Waals surface area (Å²) in [4.78, 5) is 0. The van der Waals surface area contributed by atoms with Gasteiger partial charge in [-0.3, -0.25) is 0 Å². The van der Waals surface area contributed by atoms with E-state index >= 15 is 0 Å². The first-order valence-electron chi connectivity index (χ1n) is 6.78. The van der Waals surface area contributed by atoms with Crippen molar-refractivity contribution in [2.75, 3.05) is 13.2 Å². The summed E-state index contributed by atoms with van der Waals surface area (Å²) in [7, 11) is 0. The maximum absolute atomic E-state index is 6.21. The van der Waals surface area contributed by atoms with Crippen molar-refractivity contribution < 1.29 is 4.74 Å². The third-order valence-corrected chi connectivity index (χ3v) is 4.10. The smallest absolute Gasteiger partial charge is 0.0469 e. The van der Waals surface area contributed by atoms with Gasteiger partial charge in [0.15, 0.2) is 0 Å². The molecular weight excluding hydrogens is 198 g/mol. The van der Waals surface area contributed by atoms with Gasteiger partial charge in [-0.1, -0.05) is 20.8 Å². The van der Waals surface area contributed by atoms with E-state index < -0.39 is 0 Å². The van der Waals surface area contributed by atoms with Gasteiger partial charge < -0.3 is 10.5 Å². The molecule has 96 valence electrons. The summed E-state index contributed by atoms with van der Waals surface area (Å²) in [5, 5.41) is 0. The lowest BCUT2D eigenvalue weighted by molar-refractivity contribution is 0.0849. The molecular formula is C14H29NO. The van der Waals surface area contributed by atoms with E-state index in [4.69, 9.17) is 10.5 Å². The van der Waals surface area contributed by atoms with Gasteiger partial charge in [-0.25, -0.2) is 0 Å². The molecule has 0 heterocycles. The predicted molar refractivity (Wildman–Crippen MR) is 69.4 cm³/mol. The van der Waals surface area contributed by atoms with Crippen LogP contribution in [-0.2, 0) is 4.74 Å². The highest BCUT2D eigenvalue weighted by Crippen LogP contribution is 2.40. The van der Waals surface area contributed by atoms with E-state index in [1.807, 2.05) is 0 Å². The lowest BCUT2D eigenvalue weighted by atomic mass is 9.67. The largest absolute Gasteiger partial charge is 0.382 e. The zero-order valence-corrected chi connectivity index (χ0v) is 11.5. The van der Waals surface area contributed by atoms with E-state index in [1.54, 1.807) is 0 Å². The molecule has 2 nitrogen and oxygen atoms in total. The zero-order chi connectivity index (χ0) is 12.2. The molecule has 0 aromatic rings. The fourth-order valence-corrected chi connectivity index (χ4v) is 2.78. The second kappa shape index (κ2) is 6.02. The highest BCUT2D eigenvalue weighted by molar-refractivity contribution is 4.87. The molecule has 1 fully saturated rings. The Labute approximate surface area is 101 Å². The molecule has 0 radical (unpaired) electrons. The van der Waals surface area contributed by atoms with Crippen LogP contribution in [0.1, 0.15) is 53.4 Å². The van der Waals surface area contributed by atoms with Crippen LogP contribution in [0.3, 0.4) is 0 Å². The molecule has 0 spiro atoms. The van der Waals surface area contributed by atoms with E-state index in [-0.39, 0.29) is 0 Å². The topological polar surface area (TPSA) is 35.2 Å². The third kappa shape index (κ3) is 4.06. The summed E-state index contributed by atoms with van der Waals surface area (Å²) in [5.74, 6) is 1.50. The van der Waals surface area contributed by atoms with E-state index in [1.165, 1.54) is 19.3 Å². The molecule has 1 aliphatic carbocycles. The van der Waals surface area contributed by atoms with Gasteiger partial charge >= 0.3 is 0 Å². The van der Waals surface area contributed by atoms with E-state index in [2.05, 4.69) is 27.7 Å². The molecule has 0 amide bonds. The molecule has 0 aliphatic heterocycles. The minimum Gasteiger partial charge on any atom is -0.382 e. The molecule has 3 atom stereocenters. The van der Waals surface area contributed by atoms with Crippen molar-refractivity contribution in [3.8, 4) is 0 Å². The van der Waals surface area contributed by atoms with Gasteiger partial charge in [0.2, 0.25) is 0 Å². The van der Waals surface area contributed by atoms with Crippen LogP contribution in [0.4, 0.5) is 0 Å². The predicted octanol–water partition coefficient (Wildman–Crippen LogP) is 3.20. The fraction of sp³-hybridized carbons (Fsp3) is 1.00. The Morgan fingerprint density at radius 1 is 1.25 bits per heavy atom. The van der Waals surface area contributed by atoms with Crippen molar-refractivity contribution >= 4 is 0 Å². The summed E-state index contributed by atoms with van der Waals surface area (Å²) >= 11 is 0. The molecule has 16 heavy (non-hydrogen) atoms. The molecule has 1 rings (SSSR count). The van der Waals surface area contributed by atoms with Crippen molar-refractivity contribution in [3.05, 3.63) is 0 Å². The number of hydrogen-bond donors (Lipinski definition) is 1. The molecule has 2 heteroatoms. The van der Waals surface area contributed by atoms with Crippen LogP contribution in [0.15, 0.2) is 0 Å². The Bertz CT molecular complexity index is 197. The highest BCUT2D eigenvalue weighted by Gasteiger charge is 2.33. The van der Waals surface area contributed by atoms with Crippen LogP contribution in [-0.4, -0.2) is 19.3 Å². The Hall–Kier alpha value is -0.0800. The first-order valence-corrected chi connectivity index (χ1v) is 6.78. The van der Waals surface area contributed by atoms with Crippen LogP contribution >= 0.6 is 0 Å². The quantitative estimate of drug-likeness (QED) is 0.749. The summed E-state index contributed by atoms with van der Waals surface area (Å²) in [6.07, 6.45) is 4.92. The minimum absolute atomic E-state index is 0.402. The molecule has 0 saturated heterocycles. The minimum atomic E-state index is 0.402. The van der Waals surface area contributed by atoms with Crippen LogP contribution in [0.2, 0.25) is 0 Å². The zero-order valence-electron chi connectivity index (χ0n) is 11.5. The average Bonchev–Trinajstić information content (AvgIpc) is 2.19. The average molecular weight is 227 g/mol. The van der Waals surface area contributed by atoms with Crippen molar-refractivity contribution in [2.24, 2.45) is 23.0 Å². The lowest BCUT2D eigenvalue weighted by Gasteiger charge is -2.40. The van der Waals surface area contributed by atoms with Crippen molar-refractivity contribution in [3.63, 3.8) is 0 Å². The Morgan fingerprint density at radius 3 is 2.50 bits per heavy atom. The van der Waals surface area contributed by atoms with Gasteiger partial charge in [-0.15, -0.1) is 0 Å². The second-order valence-electron chi connectivity index (χ2n) is 6.29. The van der Waals surface area contributed by atoms with E-state index in [0.29, 0.717) is 17.4 Å². The van der Waals surface area contributed by atoms with Gasteiger partial charge in [-0.05, 0) is 49.9 Å². The van der Waals surface area contributed by atoms with Crippen molar-refractivity contribution in [2.45, 2.75) is 59.4 Å². The maximum atomic E-state index is 6.21.